The van der Waals surface area contributed by atoms with E-state index >= 15 is 0 Å². The van der Waals surface area contributed by atoms with Crippen LogP contribution in [-0.4, -0.2) is 16.7 Å². The van der Waals surface area contributed by atoms with Gasteiger partial charge in [0.2, 0.25) is 5.78 Å². The fourth-order valence-electron chi connectivity index (χ4n) is 2.38. The van der Waals surface area contributed by atoms with Gasteiger partial charge >= 0.3 is 5.97 Å². The Morgan fingerprint density at radius 2 is 2.08 bits per heavy atom. The highest BCUT2D eigenvalue weighted by atomic mass is 32.1. The molecule has 0 saturated carbocycles. The van der Waals surface area contributed by atoms with E-state index in [-0.39, 0.29) is 11.5 Å². The van der Waals surface area contributed by atoms with Gasteiger partial charge in [0.05, 0.1) is 11.3 Å². The van der Waals surface area contributed by atoms with E-state index in [9.17, 15) is 9.59 Å². The van der Waals surface area contributed by atoms with Gasteiger partial charge in [-0.1, -0.05) is 12.1 Å². The van der Waals surface area contributed by atoms with Crippen LogP contribution in [0.3, 0.4) is 0 Å². The zero-order valence-electron chi connectivity index (χ0n) is 12.8. The molecule has 5 nitrogen and oxygen atoms in total. The molecule has 0 spiro atoms. The Balaban J connectivity index is 1.57. The molecule has 3 heterocycles. The summed E-state index contributed by atoms with van der Waals surface area (Å²) in [5, 5.41) is 1.80. The second-order valence-corrected chi connectivity index (χ2v) is 6.17. The first-order valence-electron chi connectivity index (χ1n) is 7.46. The van der Waals surface area contributed by atoms with E-state index in [1.54, 1.807) is 54.1 Å². The molecule has 3 aromatic rings. The van der Waals surface area contributed by atoms with Gasteiger partial charge in [0, 0.05) is 18.3 Å². The number of hydrogen-bond donors (Lipinski definition) is 0. The molecule has 0 N–H and O–H groups in total. The summed E-state index contributed by atoms with van der Waals surface area (Å²) in [6, 6.07) is 13.6. The normalized spacial score (nSPS) is 14.2. The summed E-state index contributed by atoms with van der Waals surface area (Å²) >= 11 is 1.30. The number of carbonyl (C=O) groups is 2. The summed E-state index contributed by atoms with van der Waals surface area (Å²) in [6.07, 6.45) is 3.22. The minimum atomic E-state index is -0.441. The van der Waals surface area contributed by atoms with Gasteiger partial charge in [-0.25, -0.2) is 4.79 Å². The van der Waals surface area contributed by atoms with Crippen LogP contribution in [0, 0.1) is 0 Å². The third-order valence-electron chi connectivity index (χ3n) is 3.54. The second-order valence-electron chi connectivity index (χ2n) is 5.22. The number of pyridine rings is 1. The van der Waals surface area contributed by atoms with Gasteiger partial charge in [-0.3, -0.25) is 9.78 Å². The zero-order chi connectivity index (χ0) is 17.2. The molecule has 4 rings (SSSR count). The first-order valence-corrected chi connectivity index (χ1v) is 8.34. The third-order valence-corrected chi connectivity index (χ3v) is 4.39. The zero-order valence-corrected chi connectivity index (χ0v) is 13.7. The summed E-state index contributed by atoms with van der Waals surface area (Å²) in [5.74, 6) is 0.212. The fourth-order valence-corrected chi connectivity index (χ4v) is 2.98. The first-order chi connectivity index (χ1) is 12.2. The summed E-state index contributed by atoms with van der Waals surface area (Å²) in [4.78, 5) is 29.1. The van der Waals surface area contributed by atoms with Gasteiger partial charge in [-0.05, 0) is 35.7 Å². The summed E-state index contributed by atoms with van der Waals surface area (Å²) in [6.45, 7) is 0. The van der Waals surface area contributed by atoms with Crippen molar-refractivity contribution >= 4 is 29.2 Å². The summed E-state index contributed by atoms with van der Waals surface area (Å²) in [7, 11) is 0. The van der Waals surface area contributed by atoms with Crippen molar-refractivity contribution < 1.29 is 19.1 Å². The van der Waals surface area contributed by atoms with Crippen molar-refractivity contribution in [1.82, 2.24) is 4.98 Å². The molecule has 1 aromatic carbocycles. The molecule has 0 amide bonds. The standard InChI is InChI=1S/C19H11NO4S/c21-18-14-7-6-13(23-19(22)17-5-3-9-25-17)11-15(14)24-16(18)10-12-4-1-2-8-20-12/h1-11H/b16-10-. The molecule has 6 heteroatoms. The summed E-state index contributed by atoms with van der Waals surface area (Å²) < 4.78 is 10.9. The minimum Gasteiger partial charge on any atom is -0.452 e. The van der Waals surface area contributed by atoms with E-state index in [1.807, 2.05) is 6.07 Å². The Kier molecular flexibility index (Phi) is 3.87. The number of nitrogens with zero attached hydrogens (tertiary/aromatic N) is 1. The van der Waals surface area contributed by atoms with Gasteiger partial charge in [0.15, 0.2) is 5.76 Å². The Morgan fingerprint density at radius 1 is 1.16 bits per heavy atom. The Morgan fingerprint density at radius 3 is 2.84 bits per heavy atom. The number of esters is 1. The van der Waals surface area contributed by atoms with Crippen LogP contribution in [0.4, 0.5) is 0 Å². The number of hydrogen-bond acceptors (Lipinski definition) is 6. The Bertz CT molecular complexity index is 978. The smallest absolute Gasteiger partial charge is 0.353 e. The Hall–Kier alpha value is -3.25. The number of benzene rings is 1. The largest absolute Gasteiger partial charge is 0.452 e. The monoisotopic (exact) mass is 349 g/mol. The van der Waals surface area contributed by atoms with Crippen molar-refractivity contribution in [2.45, 2.75) is 0 Å². The number of thiophene rings is 1. The third kappa shape index (κ3) is 3.07. The number of ketones is 1. The van der Waals surface area contributed by atoms with Crippen LogP contribution in [0.2, 0.25) is 0 Å². The van der Waals surface area contributed by atoms with Crippen molar-refractivity contribution in [2.24, 2.45) is 0 Å². The number of aromatic nitrogens is 1. The molecule has 122 valence electrons. The predicted molar refractivity (Wildman–Crippen MR) is 92.9 cm³/mol. The molecular formula is C19H11NO4S. The van der Waals surface area contributed by atoms with Crippen LogP contribution in [0.5, 0.6) is 11.5 Å². The lowest BCUT2D eigenvalue weighted by Crippen LogP contribution is -2.06. The van der Waals surface area contributed by atoms with E-state index < -0.39 is 5.97 Å². The van der Waals surface area contributed by atoms with Gasteiger partial charge in [0.25, 0.3) is 0 Å². The molecule has 0 atom stereocenters. The number of ether oxygens (including phenoxy) is 2. The van der Waals surface area contributed by atoms with E-state index in [4.69, 9.17) is 9.47 Å². The van der Waals surface area contributed by atoms with Crippen LogP contribution >= 0.6 is 11.3 Å². The van der Waals surface area contributed by atoms with Gasteiger partial charge in [-0.2, -0.15) is 0 Å². The molecule has 0 radical (unpaired) electrons. The number of Topliss-reactive ketones (excluding diaryl/α,β-unsaturated/α-hetero) is 1. The maximum atomic E-state index is 12.4. The van der Waals surface area contributed by atoms with E-state index in [0.29, 0.717) is 27.6 Å². The Labute approximate surface area is 147 Å². The average molecular weight is 349 g/mol. The molecule has 1 aliphatic rings. The second kappa shape index (κ2) is 6.33. The van der Waals surface area contributed by atoms with Crippen molar-refractivity contribution in [1.29, 1.82) is 0 Å². The van der Waals surface area contributed by atoms with Crippen LogP contribution < -0.4 is 9.47 Å². The molecule has 0 saturated heterocycles. The minimum absolute atomic E-state index is 0.190. The SMILES string of the molecule is O=C(Oc1ccc2c(c1)O/C(=C\c1ccccn1)C2=O)c1cccs1. The maximum Gasteiger partial charge on any atom is 0.353 e. The molecule has 2 aromatic heterocycles. The van der Waals surface area contributed by atoms with Gasteiger partial charge in [0.1, 0.15) is 16.4 Å². The maximum absolute atomic E-state index is 12.4. The average Bonchev–Trinajstić information content (AvgIpc) is 3.25. The number of carbonyl (C=O) groups excluding carboxylic acids is 2. The van der Waals surface area contributed by atoms with Crippen LogP contribution in [0.15, 0.2) is 65.9 Å². The number of allylic oxidation sites excluding steroid dienone is 1. The molecule has 0 bridgehead atoms. The topological polar surface area (TPSA) is 65.5 Å². The van der Waals surface area contributed by atoms with Crippen LogP contribution in [0.1, 0.15) is 25.7 Å². The van der Waals surface area contributed by atoms with Gasteiger partial charge in [-0.15, -0.1) is 11.3 Å². The lowest BCUT2D eigenvalue weighted by atomic mass is 10.1. The molecule has 0 fully saturated rings. The lowest BCUT2D eigenvalue weighted by Gasteiger charge is -2.04. The number of fused-ring (bicyclic) bond motifs is 1. The quantitative estimate of drug-likeness (QED) is 0.406. The van der Waals surface area contributed by atoms with E-state index in [1.165, 1.54) is 17.4 Å². The first kappa shape index (κ1) is 15.3. The predicted octanol–water partition coefficient (Wildman–Crippen LogP) is 3.98. The van der Waals surface area contributed by atoms with Crippen LogP contribution in [-0.2, 0) is 0 Å². The van der Waals surface area contributed by atoms with Crippen molar-refractivity contribution in [3.63, 3.8) is 0 Å². The van der Waals surface area contributed by atoms with Crippen molar-refractivity contribution in [3.05, 3.63) is 82.0 Å². The highest BCUT2D eigenvalue weighted by molar-refractivity contribution is 7.12. The molecule has 0 unspecified atom stereocenters. The highest BCUT2D eigenvalue weighted by Crippen LogP contribution is 2.35. The number of rotatable bonds is 3. The van der Waals surface area contributed by atoms with Crippen LogP contribution in [0.25, 0.3) is 6.08 Å². The molecule has 25 heavy (non-hydrogen) atoms. The molecule has 0 aliphatic carbocycles. The van der Waals surface area contributed by atoms with E-state index in [0.717, 1.165) is 0 Å². The highest BCUT2D eigenvalue weighted by Gasteiger charge is 2.28. The molecular weight excluding hydrogens is 338 g/mol. The van der Waals surface area contributed by atoms with Gasteiger partial charge < -0.3 is 9.47 Å². The fraction of sp³-hybridized carbons (Fsp3) is 0. The van der Waals surface area contributed by atoms with E-state index in [2.05, 4.69) is 4.98 Å². The lowest BCUT2D eigenvalue weighted by molar-refractivity contribution is 0.0739. The van der Waals surface area contributed by atoms with Crippen molar-refractivity contribution in [2.75, 3.05) is 0 Å². The summed E-state index contributed by atoms with van der Waals surface area (Å²) in [5.41, 5.74) is 1.06. The molecule has 1 aliphatic heterocycles. The van der Waals surface area contributed by atoms with Crippen molar-refractivity contribution in [3.8, 4) is 11.5 Å².